The molecule has 1 fully saturated rings. The molecule has 1 aromatic heterocycles. The van der Waals surface area contributed by atoms with Crippen molar-refractivity contribution < 1.29 is 14.3 Å². The van der Waals surface area contributed by atoms with Gasteiger partial charge in [0.1, 0.15) is 5.75 Å². The van der Waals surface area contributed by atoms with E-state index in [0.29, 0.717) is 24.1 Å². The number of carbonyl (C=O) groups excluding carboxylic acids is 1. The minimum absolute atomic E-state index is 0.111. The molecular weight excluding hydrogens is 356 g/mol. The molecule has 2 heterocycles. The Morgan fingerprint density at radius 1 is 1.18 bits per heavy atom. The summed E-state index contributed by atoms with van der Waals surface area (Å²) < 4.78 is 11.0. The Labute approximate surface area is 166 Å². The van der Waals surface area contributed by atoms with E-state index in [1.807, 2.05) is 26.0 Å². The summed E-state index contributed by atoms with van der Waals surface area (Å²) in [6.07, 6.45) is 2.27. The molecule has 3 rings (SSSR count). The van der Waals surface area contributed by atoms with E-state index < -0.39 is 0 Å². The molecule has 1 saturated heterocycles. The summed E-state index contributed by atoms with van der Waals surface area (Å²) in [6, 6.07) is 8.99. The number of ether oxygens (including phenoxy) is 2. The Hall–Kier alpha value is -2.83. The number of nitrogens with one attached hydrogen (secondary N) is 1. The van der Waals surface area contributed by atoms with Crippen molar-refractivity contribution in [1.29, 1.82) is 0 Å². The highest BCUT2D eigenvalue weighted by molar-refractivity contribution is 5.91. The van der Waals surface area contributed by atoms with Gasteiger partial charge in [-0.1, -0.05) is 6.92 Å². The summed E-state index contributed by atoms with van der Waals surface area (Å²) in [7, 11) is 0. The first-order valence-electron chi connectivity index (χ1n) is 9.79. The lowest BCUT2D eigenvalue weighted by Crippen LogP contribution is -2.34. The first-order valence-corrected chi connectivity index (χ1v) is 9.79. The highest BCUT2D eigenvalue weighted by Gasteiger charge is 2.19. The van der Waals surface area contributed by atoms with E-state index in [2.05, 4.69) is 27.1 Å². The molecule has 150 valence electrons. The van der Waals surface area contributed by atoms with Crippen molar-refractivity contribution >= 4 is 17.5 Å². The van der Waals surface area contributed by atoms with Crippen LogP contribution >= 0.6 is 0 Å². The van der Waals surface area contributed by atoms with Crippen molar-refractivity contribution in [2.45, 2.75) is 33.6 Å². The molecule has 7 nitrogen and oxygen atoms in total. The van der Waals surface area contributed by atoms with Crippen molar-refractivity contribution in [3.05, 3.63) is 36.0 Å². The molecule has 0 bridgehead atoms. The number of benzene rings is 1. The molecule has 2 aromatic rings. The van der Waals surface area contributed by atoms with Gasteiger partial charge in [0, 0.05) is 30.5 Å². The van der Waals surface area contributed by atoms with Gasteiger partial charge in [0.25, 0.3) is 5.91 Å². The number of carbonyl (C=O) groups is 1. The fourth-order valence-corrected chi connectivity index (χ4v) is 3.09. The highest BCUT2D eigenvalue weighted by Crippen LogP contribution is 2.22. The summed E-state index contributed by atoms with van der Waals surface area (Å²) in [5.74, 6) is 2.36. The molecule has 1 aliphatic rings. The molecule has 0 aliphatic carbocycles. The monoisotopic (exact) mass is 384 g/mol. The maximum atomic E-state index is 12.2. The van der Waals surface area contributed by atoms with E-state index in [-0.39, 0.29) is 12.5 Å². The summed E-state index contributed by atoms with van der Waals surface area (Å²) in [5.41, 5.74) is 1.52. The Kier molecular flexibility index (Phi) is 6.68. The number of hydrogen-bond donors (Lipinski definition) is 1. The molecule has 0 unspecified atom stereocenters. The van der Waals surface area contributed by atoms with Crippen LogP contribution in [-0.4, -0.2) is 42.2 Å². The van der Waals surface area contributed by atoms with Gasteiger partial charge in [0.2, 0.25) is 11.8 Å². The zero-order valence-electron chi connectivity index (χ0n) is 16.8. The molecule has 1 aliphatic heterocycles. The van der Waals surface area contributed by atoms with Crippen LogP contribution in [0.1, 0.15) is 32.4 Å². The fourth-order valence-electron chi connectivity index (χ4n) is 3.09. The zero-order chi connectivity index (χ0) is 19.9. The predicted octanol–water partition coefficient (Wildman–Crippen LogP) is 3.44. The molecule has 1 aromatic carbocycles. The van der Waals surface area contributed by atoms with Crippen LogP contribution in [0, 0.1) is 12.8 Å². The molecule has 0 radical (unpaired) electrons. The van der Waals surface area contributed by atoms with Crippen molar-refractivity contribution in [3.63, 3.8) is 0 Å². The van der Waals surface area contributed by atoms with Gasteiger partial charge in [-0.25, -0.2) is 4.98 Å². The number of amides is 1. The van der Waals surface area contributed by atoms with E-state index in [1.165, 1.54) is 0 Å². The number of hydrogen-bond acceptors (Lipinski definition) is 6. The van der Waals surface area contributed by atoms with E-state index >= 15 is 0 Å². The second-order valence-corrected chi connectivity index (χ2v) is 7.11. The molecule has 1 amide bonds. The van der Waals surface area contributed by atoms with Gasteiger partial charge in [-0.05, 0) is 56.9 Å². The molecule has 0 atom stereocenters. The lowest BCUT2D eigenvalue weighted by Gasteiger charge is -2.30. The Balaban J connectivity index is 1.55. The van der Waals surface area contributed by atoms with Crippen LogP contribution in [-0.2, 0) is 4.79 Å². The van der Waals surface area contributed by atoms with E-state index in [0.717, 1.165) is 43.3 Å². The van der Waals surface area contributed by atoms with Crippen molar-refractivity contribution in [2.24, 2.45) is 5.92 Å². The number of anilines is 2. The Morgan fingerprint density at radius 2 is 1.89 bits per heavy atom. The zero-order valence-corrected chi connectivity index (χ0v) is 16.8. The molecule has 7 heteroatoms. The molecular formula is C21H28N4O3. The third-order valence-corrected chi connectivity index (χ3v) is 4.69. The minimum atomic E-state index is -0.242. The average Bonchev–Trinajstić information content (AvgIpc) is 2.68. The number of rotatable bonds is 7. The first-order chi connectivity index (χ1) is 13.5. The van der Waals surface area contributed by atoms with Crippen molar-refractivity contribution in [3.8, 4) is 11.6 Å². The fraction of sp³-hybridized carbons (Fsp3) is 0.476. The normalized spacial score (nSPS) is 14.6. The highest BCUT2D eigenvalue weighted by atomic mass is 16.5. The summed E-state index contributed by atoms with van der Waals surface area (Å²) in [6.45, 7) is 8.50. The number of nitrogens with zero attached hydrogens (tertiary/aromatic N) is 3. The Morgan fingerprint density at radius 3 is 2.57 bits per heavy atom. The maximum absolute atomic E-state index is 12.2. The van der Waals surface area contributed by atoms with Gasteiger partial charge in [-0.3, -0.25) is 4.79 Å². The maximum Gasteiger partial charge on any atom is 0.262 e. The van der Waals surface area contributed by atoms with Crippen LogP contribution in [0.2, 0.25) is 0 Å². The molecule has 1 N–H and O–H groups in total. The number of aryl methyl sites for hydroxylation is 1. The van der Waals surface area contributed by atoms with E-state index in [1.54, 1.807) is 18.2 Å². The summed E-state index contributed by atoms with van der Waals surface area (Å²) in [4.78, 5) is 23.4. The van der Waals surface area contributed by atoms with Crippen molar-refractivity contribution in [2.75, 3.05) is 36.5 Å². The van der Waals surface area contributed by atoms with Crippen molar-refractivity contribution in [1.82, 2.24) is 9.97 Å². The molecule has 0 spiro atoms. The van der Waals surface area contributed by atoms with Gasteiger partial charge in [0.05, 0.1) is 6.61 Å². The van der Waals surface area contributed by atoms with Crippen LogP contribution in [0.4, 0.5) is 11.6 Å². The SMILES string of the molecule is CCOc1ccc(NC(=O)COc2cc(C)nc(N3CCC(C)CC3)n2)cc1. The van der Waals surface area contributed by atoms with Gasteiger partial charge in [-0.15, -0.1) is 0 Å². The smallest absolute Gasteiger partial charge is 0.262 e. The lowest BCUT2D eigenvalue weighted by molar-refractivity contribution is -0.118. The average molecular weight is 384 g/mol. The largest absolute Gasteiger partial charge is 0.494 e. The van der Waals surface area contributed by atoms with Gasteiger partial charge in [0.15, 0.2) is 6.61 Å². The quantitative estimate of drug-likeness (QED) is 0.788. The second kappa shape index (κ2) is 9.39. The third kappa shape index (κ3) is 5.58. The third-order valence-electron chi connectivity index (χ3n) is 4.69. The van der Waals surface area contributed by atoms with Gasteiger partial charge in [-0.2, -0.15) is 4.98 Å². The van der Waals surface area contributed by atoms with Crippen LogP contribution in [0.3, 0.4) is 0 Å². The summed E-state index contributed by atoms with van der Waals surface area (Å²) >= 11 is 0. The second-order valence-electron chi connectivity index (χ2n) is 7.11. The van der Waals surface area contributed by atoms with Crippen LogP contribution < -0.4 is 19.7 Å². The Bertz CT molecular complexity index is 787. The van der Waals surface area contributed by atoms with Crippen LogP contribution in [0.25, 0.3) is 0 Å². The van der Waals surface area contributed by atoms with E-state index in [9.17, 15) is 4.79 Å². The topological polar surface area (TPSA) is 76.6 Å². The minimum Gasteiger partial charge on any atom is -0.494 e. The van der Waals surface area contributed by atoms with Crippen LogP contribution in [0.15, 0.2) is 30.3 Å². The van der Waals surface area contributed by atoms with E-state index in [4.69, 9.17) is 9.47 Å². The summed E-state index contributed by atoms with van der Waals surface area (Å²) in [5, 5.41) is 2.81. The standard InChI is InChI=1S/C21H28N4O3/c1-4-27-18-7-5-17(6-8-18)23-19(26)14-28-20-13-16(3)22-21(24-20)25-11-9-15(2)10-12-25/h5-8,13,15H,4,9-12,14H2,1-3H3,(H,23,26). The molecule has 0 saturated carbocycles. The number of piperidine rings is 1. The number of aromatic nitrogens is 2. The lowest BCUT2D eigenvalue weighted by atomic mass is 10.00. The van der Waals surface area contributed by atoms with Gasteiger partial charge < -0.3 is 19.7 Å². The first kappa shape index (κ1) is 19.9. The molecule has 28 heavy (non-hydrogen) atoms. The van der Waals surface area contributed by atoms with Crippen LogP contribution in [0.5, 0.6) is 11.6 Å². The van der Waals surface area contributed by atoms with Gasteiger partial charge >= 0.3 is 0 Å². The predicted molar refractivity (Wildman–Crippen MR) is 109 cm³/mol.